The SMILES string of the molecule is CSC(C)c1ccc2c(n1)Oc1ccccc1C(=O)N2. The van der Waals surface area contributed by atoms with Crippen molar-refractivity contribution in [1.29, 1.82) is 0 Å². The zero-order valence-corrected chi connectivity index (χ0v) is 12.0. The molecule has 1 amide bonds. The summed E-state index contributed by atoms with van der Waals surface area (Å²) in [4.78, 5) is 16.6. The largest absolute Gasteiger partial charge is 0.436 e. The monoisotopic (exact) mass is 286 g/mol. The Morgan fingerprint density at radius 3 is 2.85 bits per heavy atom. The van der Waals surface area contributed by atoms with E-state index in [0.717, 1.165) is 5.69 Å². The average molecular weight is 286 g/mol. The molecule has 1 aromatic carbocycles. The minimum absolute atomic E-state index is 0.174. The fourth-order valence-electron chi connectivity index (χ4n) is 2.01. The summed E-state index contributed by atoms with van der Waals surface area (Å²) in [6.45, 7) is 2.09. The second-order valence-electron chi connectivity index (χ2n) is 4.52. The van der Waals surface area contributed by atoms with Gasteiger partial charge in [-0.1, -0.05) is 12.1 Å². The van der Waals surface area contributed by atoms with Gasteiger partial charge in [0.1, 0.15) is 11.4 Å². The Morgan fingerprint density at radius 1 is 1.25 bits per heavy atom. The number of carbonyl (C=O) groups is 1. The number of amides is 1. The Hall–Kier alpha value is -2.01. The first-order valence-corrected chi connectivity index (χ1v) is 7.60. The van der Waals surface area contributed by atoms with Crippen molar-refractivity contribution in [3.63, 3.8) is 0 Å². The van der Waals surface area contributed by atoms with Crippen LogP contribution in [-0.2, 0) is 0 Å². The lowest BCUT2D eigenvalue weighted by atomic mass is 10.2. The Balaban J connectivity index is 2.07. The van der Waals surface area contributed by atoms with Crippen molar-refractivity contribution in [2.24, 2.45) is 0 Å². The van der Waals surface area contributed by atoms with Gasteiger partial charge in [0.25, 0.3) is 5.91 Å². The summed E-state index contributed by atoms with van der Waals surface area (Å²) in [7, 11) is 0. The summed E-state index contributed by atoms with van der Waals surface area (Å²) in [6.07, 6.45) is 2.04. The Kier molecular flexibility index (Phi) is 3.36. The van der Waals surface area contributed by atoms with E-state index in [-0.39, 0.29) is 11.2 Å². The number of pyridine rings is 1. The lowest BCUT2D eigenvalue weighted by Crippen LogP contribution is -2.10. The van der Waals surface area contributed by atoms with Crippen LogP contribution in [0.5, 0.6) is 11.6 Å². The van der Waals surface area contributed by atoms with Gasteiger partial charge in [0.05, 0.1) is 11.3 Å². The molecule has 0 spiro atoms. The normalized spacial score (nSPS) is 14.4. The topological polar surface area (TPSA) is 51.2 Å². The maximum atomic E-state index is 12.1. The first kappa shape index (κ1) is 13.0. The van der Waals surface area contributed by atoms with Crippen LogP contribution in [0.1, 0.15) is 28.2 Å². The first-order valence-electron chi connectivity index (χ1n) is 6.31. The summed E-state index contributed by atoms with van der Waals surface area (Å²) in [5.74, 6) is 0.804. The zero-order valence-electron chi connectivity index (χ0n) is 11.2. The molecule has 20 heavy (non-hydrogen) atoms. The molecule has 2 heterocycles. The fourth-order valence-corrected chi connectivity index (χ4v) is 2.38. The van der Waals surface area contributed by atoms with Crippen molar-refractivity contribution < 1.29 is 9.53 Å². The van der Waals surface area contributed by atoms with Crippen molar-refractivity contribution in [3.05, 3.63) is 47.7 Å². The van der Waals surface area contributed by atoms with Crippen molar-refractivity contribution in [2.75, 3.05) is 11.6 Å². The highest BCUT2D eigenvalue weighted by atomic mass is 32.2. The molecule has 0 saturated heterocycles. The lowest BCUT2D eigenvalue weighted by molar-refractivity contribution is 0.102. The maximum absolute atomic E-state index is 12.1. The summed E-state index contributed by atoms with van der Waals surface area (Å²) in [5.41, 5.74) is 2.05. The third kappa shape index (κ3) is 2.25. The standard InChI is InChI=1S/C15H14N2O2S/c1-9(20-2)11-7-8-12-15(17-11)19-13-6-4-3-5-10(13)14(18)16-12/h3-9H,1-2H3,(H,16,18). The van der Waals surface area contributed by atoms with Gasteiger partial charge in [-0.3, -0.25) is 4.79 Å². The van der Waals surface area contributed by atoms with E-state index in [1.54, 1.807) is 23.9 Å². The number of aromatic nitrogens is 1. The number of rotatable bonds is 2. The number of fused-ring (bicyclic) bond motifs is 2. The molecule has 0 fully saturated rings. The molecular formula is C15H14N2O2S. The molecular weight excluding hydrogens is 272 g/mol. The number of para-hydroxylation sites is 1. The number of ether oxygens (including phenoxy) is 1. The number of anilines is 1. The lowest BCUT2D eigenvalue weighted by Gasteiger charge is -2.11. The van der Waals surface area contributed by atoms with Crippen LogP contribution < -0.4 is 10.1 Å². The smallest absolute Gasteiger partial charge is 0.259 e. The van der Waals surface area contributed by atoms with Crippen molar-refractivity contribution >= 4 is 23.4 Å². The Labute approximate surface area is 121 Å². The van der Waals surface area contributed by atoms with Crippen LogP contribution in [0.15, 0.2) is 36.4 Å². The summed E-state index contributed by atoms with van der Waals surface area (Å²) in [5, 5.41) is 3.11. The maximum Gasteiger partial charge on any atom is 0.259 e. The third-order valence-corrected chi connectivity index (χ3v) is 4.19. The number of nitrogens with zero attached hydrogens (tertiary/aromatic N) is 1. The van der Waals surface area contributed by atoms with Gasteiger partial charge in [-0.25, -0.2) is 4.98 Å². The molecule has 0 bridgehead atoms. The van der Waals surface area contributed by atoms with E-state index in [4.69, 9.17) is 4.74 Å². The van der Waals surface area contributed by atoms with Crippen LogP contribution in [0, 0.1) is 0 Å². The molecule has 5 heteroatoms. The summed E-state index contributed by atoms with van der Waals surface area (Å²) < 4.78 is 5.80. The average Bonchev–Trinajstić information content (AvgIpc) is 2.62. The van der Waals surface area contributed by atoms with Crippen LogP contribution in [0.4, 0.5) is 5.69 Å². The van der Waals surface area contributed by atoms with E-state index in [9.17, 15) is 4.79 Å². The predicted octanol–water partition coefficient (Wildman–Crippen LogP) is 3.86. The Bertz CT molecular complexity index is 673. The van der Waals surface area contributed by atoms with E-state index >= 15 is 0 Å². The van der Waals surface area contributed by atoms with E-state index in [0.29, 0.717) is 22.9 Å². The molecule has 102 valence electrons. The van der Waals surface area contributed by atoms with Gasteiger partial charge in [0.15, 0.2) is 0 Å². The predicted molar refractivity (Wildman–Crippen MR) is 80.6 cm³/mol. The van der Waals surface area contributed by atoms with Crippen LogP contribution in [0.3, 0.4) is 0 Å². The van der Waals surface area contributed by atoms with Gasteiger partial charge in [-0.2, -0.15) is 11.8 Å². The van der Waals surface area contributed by atoms with E-state index in [2.05, 4.69) is 17.2 Å². The van der Waals surface area contributed by atoms with Crippen molar-refractivity contribution in [1.82, 2.24) is 4.98 Å². The van der Waals surface area contributed by atoms with Crippen LogP contribution >= 0.6 is 11.8 Å². The van der Waals surface area contributed by atoms with E-state index < -0.39 is 0 Å². The van der Waals surface area contributed by atoms with E-state index in [1.807, 2.05) is 30.5 Å². The molecule has 1 atom stereocenters. The molecule has 1 aliphatic heterocycles. The number of thioether (sulfide) groups is 1. The molecule has 0 aliphatic carbocycles. The van der Waals surface area contributed by atoms with Gasteiger partial charge in [0, 0.05) is 5.25 Å². The minimum Gasteiger partial charge on any atom is -0.436 e. The fraction of sp³-hybridized carbons (Fsp3) is 0.200. The van der Waals surface area contributed by atoms with E-state index in [1.165, 1.54) is 0 Å². The number of carbonyl (C=O) groups excluding carboxylic acids is 1. The van der Waals surface area contributed by atoms with Gasteiger partial charge >= 0.3 is 0 Å². The molecule has 1 aromatic heterocycles. The number of hydrogen-bond acceptors (Lipinski definition) is 4. The highest BCUT2D eigenvalue weighted by Crippen LogP contribution is 2.36. The molecule has 4 nitrogen and oxygen atoms in total. The highest BCUT2D eigenvalue weighted by Gasteiger charge is 2.22. The Morgan fingerprint density at radius 2 is 2.05 bits per heavy atom. The molecule has 2 aromatic rings. The third-order valence-electron chi connectivity index (χ3n) is 3.24. The highest BCUT2D eigenvalue weighted by molar-refractivity contribution is 7.98. The zero-order chi connectivity index (χ0) is 14.1. The summed E-state index contributed by atoms with van der Waals surface area (Å²) >= 11 is 1.71. The molecule has 0 radical (unpaired) electrons. The molecule has 1 N–H and O–H groups in total. The summed E-state index contributed by atoms with van der Waals surface area (Å²) in [6, 6.07) is 10.9. The van der Waals surface area contributed by atoms with Crippen LogP contribution in [-0.4, -0.2) is 17.1 Å². The quantitative estimate of drug-likeness (QED) is 0.910. The van der Waals surface area contributed by atoms with Crippen LogP contribution in [0.2, 0.25) is 0 Å². The molecule has 0 saturated carbocycles. The second-order valence-corrected chi connectivity index (χ2v) is 5.70. The van der Waals surface area contributed by atoms with Gasteiger partial charge in [-0.15, -0.1) is 0 Å². The second kappa shape index (κ2) is 5.17. The van der Waals surface area contributed by atoms with Crippen LogP contribution in [0.25, 0.3) is 0 Å². The molecule has 1 unspecified atom stereocenters. The number of hydrogen-bond donors (Lipinski definition) is 1. The van der Waals surface area contributed by atoms with Crippen molar-refractivity contribution in [2.45, 2.75) is 12.2 Å². The molecule has 1 aliphatic rings. The number of benzene rings is 1. The minimum atomic E-state index is -0.174. The first-order chi connectivity index (χ1) is 9.69. The number of nitrogens with one attached hydrogen (secondary N) is 1. The molecule has 3 rings (SSSR count). The van der Waals surface area contributed by atoms with Gasteiger partial charge in [-0.05, 0) is 37.4 Å². The van der Waals surface area contributed by atoms with Gasteiger partial charge < -0.3 is 10.1 Å². The van der Waals surface area contributed by atoms with Crippen molar-refractivity contribution in [3.8, 4) is 11.6 Å². The van der Waals surface area contributed by atoms with Gasteiger partial charge in [0.2, 0.25) is 5.88 Å².